The van der Waals surface area contributed by atoms with Crippen LogP contribution in [0, 0.1) is 6.92 Å². The third kappa shape index (κ3) is 3.21. The number of carbonyl (C=O) groups excluding carboxylic acids is 1. The minimum atomic E-state index is -0.527. The SMILES string of the molecule is Cc1cc(-c2cccc(Cl)c2)cnc1NC(=O)C1(c2ccc3c(c2)OCO3)CC1. The molecule has 29 heavy (non-hydrogen) atoms. The Kier molecular flexibility index (Phi) is 4.21. The van der Waals surface area contributed by atoms with Crippen LogP contribution in [0.5, 0.6) is 11.5 Å². The first-order valence-electron chi connectivity index (χ1n) is 9.49. The van der Waals surface area contributed by atoms with Gasteiger partial charge in [0, 0.05) is 16.8 Å². The minimum Gasteiger partial charge on any atom is -0.454 e. The van der Waals surface area contributed by atoms with Crippen LogP contribution in [0.1, 0.15) is 24.0 Å². The summed E-state index contributed by atoms with van der Waals surface area (Å²) in [4.78, 5) is 17.6. The van der Waals surface area contributed by atoms with Gasteiger partial charge in [0.2, 0.25) is 12.7 Å². The van der Waals surface area contributed by atoms with E-state index in [1.165, 1.54) is 0 Å². The van der Waals surface area contributed by atoms with E-state index in [1.54, 1.807) is 6.20 Å². The molecule has 1 aliphatic carbocycles. The predicted octanol–water partition coefficient (Wildman–Crippen LogP) is 5.11. The second-order valence-corrected chi connectivity index (χ2v) is 7.94. The highest BCUT2D eigenvalue weighted by Crippen LogP contribution is 2.51. The average Bonchev–Trinajstić information content (AvgIpc) is 3.40. The summed E-state index contributed by atoms with van der Waals surface area (Å²) in [6.45, 7) is 2.16. The number of carbonyl (C=O) groups is 1. The molecule has 0 spiro atoms. The van der Waals surface area contributed by atoms with Gasteiger partial charge in [0.1, 0.15) is 5.82 Å². The lowest BCUT2D eigenvalue weighted by Crippen LogP contribution is -2.28. The molecule has 0 bridgehead atoms. The number of hydrogen-bond acceptors (Lipinski definition) is 4. The van der Waals surface area contributed by atoms with Gasteiger partial charge in [-0.3, -0.25) is 4.79 Å². The standard InChI is InChI=1S/C23H19ClN2O3/c1-14-9-16(15-3-2-4-18(24)10-15)12-25-21(14)26-22(27)23(7-8-23)17-5-6-19-20(11-17)29-13-28-19/h2-6,9-12H,7-8,13H2,1H3,(H,25,26,27). The number of aromatic nitrogens is 1. The molecule has 0 atom stereocenters. The molecule has 5 nitrogen and oxygen atoms in total. The number of benzene rings is 2. The topological polar surface area (TPSA) is 60.5 Å². The molecular weight excluding hydrogens is 388 g/mol. The number of halogens is 1. The summed E-state index contributed by atoms with van der Waals surface area (Å²) in [7, 11) is 0. The third-order valence-electron chi connectivity index (χ3n) is 5.58. The number of anilines is 1. The van der Waals surface area contributed by atoms with Crippen molar-refractivity contribution in [1.82, 2.24) is 4.98 Å². The summed E-state index contributed by atoms with van der Waals surface area (Å²) in [5.74, 6) is 1.95. The van der Waals surface area contributed by atoms with Crippen molar-refractivity contribution >= 4 is 23.3 Å². The molecule has 1 saturated carbocycles. The zero-order chi connectivity index (χ0) is 20.0. The van der Waals surface area contributed by atoms with E-state index >= 15 is 0 Å². The van der Waals surface area contributed by atoms with Crippen molar-refractivity contribution in [3.63, 3.8) is 0 Å². The van der Waals surface area contributed by atoms with Crippen LogP contribution in [0.3, 0.4) is 0 Å². The second-order valence-electron chi connectivity index (χ2n) is 7.50. The highest BCUT2D eigenvalue weighted by atomic mass is 35.5. The second kappa shape index (κ2) is 6.78. The van der Waals surface area contributed by atoms with Crippen molar-refractivity contribution in [2.24, 2.45) is 0 Å². The third-order valence-corrected chi connectivity index (χ3v) is 5.81. The number of nitrogens with zero attached hydrogens (tertiary/aromatic N) is 1. The predicted molar refractivity (Wildman–Crippen MR) is 112 cm³/mol. The molecule has 2 aliphatic rings. The molecule has 1 fully saturated rings. The Morgan fingerprint density at radius 3 is 2.66 bits per heavy atom. The molecule has 6 heteroatoms. The van der Waals surface area contributed by atoms with Gasteiger partial charge in [0.05, 0.1) is 5.41 Å². The molecule has 5 rings (SSSR count). The van der Waals surface area contributed by atoms with Crippen LogP contribution in [0.2, 0.25) is 5.02 Å². The van der Waals surface area contributed by atoms with Crippen molar-refractivity contribution in [3.8, 4) is 22.6 Å². The molecule has 0 radical (unpaired) electrons. The zero-order valence-electron chi connectivity index (χ0n) is 15.9. The molecule has 0 unspecified atom stereocenters. The molecular formula is C23H19ClN2O3. The van der Waals surface area contributed by atoms with Gasteiger partial charge in [-0.05, 0) is 66.8 Å². The molecule has 146 valence electrons. The summed E-state index contributed by atoms with van der Waals surface area (Å²) in [6.07, 6.45) is 3.37. The molecule has 2 aromatic carbocycles. The van der Waals surface area contributed by atoms with Crippen LogP contribution in [0.25, 0.3) is 11.1 Å². The summed E-state index contributed by atoms with van der Waals surface area (Å²) in [6, 6.07) is 15.4. The minimum absolute atomic E-state index is 0.0394. The monoisotopic (exact) mass is 406 g/mol. The molecule has 1 N–H and O–H groups in total. The van der Waals surface area contributed by atoms with Crippen molar-refractivity contribution in [3.05, 3.63) is 70.9 Å². The van der Waals surface area contributed by atoms with Gasteiger partial charge in [-0.25, -0.2) is 4.98 Å². The summed E-state index contributed by atoms with van der Waals surface area (Å²) >= 11 is 6.09. The van der Waals surface area contributed by atoms with Crippen molar-refractivity contribution in [2.45, 2.75) is 25.2 Å². The molecule has 2 heterocycles. The molecule has 1 aliphatic heterocycles. The first-order valence-corrected chi connectivity index (χ1v) is 9.87. The lowest BCUT2D eigenvalue weighted by atomic mass is 9.94. The normalized spacial score (nSPS) is 15.8. The maximum Gasteiger partial charge on any atom is 0.236 e. The van der Waals surface area contributed by atoms with Gasteiger partial charge in [0.15, 0.2) is 11.5 Å². The number of aryl methyl sites for hydroxylation is 1. The first kappa shape index (κ1) is 18.0. The van der Waals surface area contributed by atoms with Crippen LogP contribution in [0.4, 0.5) is 5.82 Å². The smallest absolute Gasteiger partial charge is 0.236 e. The Hall–Kier alpha value is -3.05. The summed E-state index contributed by atoms with van der Waals surface area (Å²) in [5.41, 5.74) is 3.27. The lowest BCUT2D eigenvalue weighted by molar-refractivity contribution is -0.118. The number of nitrogens with one attached hydrogen (secondary N) is 1. The van der Waals surface area contributed by atoms with E-state index < -0.39 is 5.41 Å². The maximum absolute atomic E-state index is 13.1. The van der Waals surface area contributed by atoms with Crippen LogP contribution < -0.4 is 14.8 Å². The summed E-state index contributed by atoms with van der Waals surface area (Å²) < 4.78 is 10.8. The fourth-order valence-corrected chi connectivity index (χ4v) is 3.92. The molecule has 1 amide bonds. The zero-order valence-corrected chi connectivity index (χ0v) is 16.6. The van der Waals surface area contributed by atoms with E-state index in [9.17, 15) is 4.79 Å². The van der Waals surface area contributed by atoms with Crippen LogP contribution in [-0.4, -0.2) is 17.7 Å². The van der Waals surface area contributed by atoms with Gasteiger partial charge < -0.3 is 14.8 Å². The molecule has 0 saturated heterocycles. The maximum atomic E-state index is 13.1. The number of fused-ring (bicyclic) bond motifs is 1. The summed E-state index contributed by atoms with van der Waals surface area (Å²) in [5, 5.41) is 3.70. The van der Waals surface area contributed by atoms with Gasteiger partial charge in [-0.15, -0.1) is 0 Å². The highest BCUT2D eigenvalue weighted by molar-refractivity contribution is 6.30. The largest absolute Gasteiger partial charge is 0.454 e. The highest BCUT2D eigenvalue weighted by Gasteiger charge is 2.51. The van der Waals surface area contributed by atoms with Crippen molar-refractivity contribution in [1.29, 1.82) is 0 Å². The van der Waals surface area contributed by atoms with Gasteiger partial charge in [0.25, 0.3) is 0 Å². The van der Waals surface area contributed by atoms with E-state index in [0.717, 1.165) is 40.8 Å². The lowest BCUT2D eigenvalue weighted by Gasteiger charge is -2.17. The fraction of sp³-hybridized carbons (Fsp3) is 0.217. The Balaban J connectivity index is 1.38. The van der Waals surface area contributed by atoms with Crippen molar-refractivity contribution < 1.29 is 14.3 Å². The van der Waals surface area contributed by atoms with Gasteiger partial charge in [-0.1, -0.05) is 29.8 Å². The quantitative estimate of drug-likeness (QED) is 0.654. The van der Waals surface area contributed by atoms with E-state index in [4.69, 9.17) is 21.1 Å². The Bertz CT molecular complexity index is 1120. The number of pyridine rings is 1. The van der Waals surface area contributed by atoms with Crippen LogP contribution >= 0.6 is 11.6 Å². The Morgan fingerprint density at radius 2 is 1.90 bits per heavy atom. The first-order chi connectivity index (χ1) is 14.0. The van der Waals surface area contributed by atoms with Crippen molar-refractivity contribution in [2.75, 3.05) is 12.1 Å². The van der Waals surface area contributed by atoms with Crippen LogP contribution in [0.15, 0.2) is 54.7 Å². The van der Waals surface area contributed by atoms with Crippen LogP contribution in [-0.2, 0) is 10.2 Å². The fourth-order valence-electron chi connectivity index (χ4n) is 3.72. The number of amides is 1. The average molecular weight is 407 g/mol. The van der Waals surface area contributed by atoms with E-state index in [1.807, 2.05) is 55.5 Å². The van der Waals surface area contributed by atoms with Gasteiger partial charge >= 0.3 is 0 Å². The van der Waals surface area contributed by atoms with Gasteiger partial charge in [-0.2, -0.15) is 0 Å². The van der Waals surface area contributed by atoms with E-state index in [-0.39, 0.29) is 12.7 Å². The van der Waals surface area contributed by atoms with E-state index in [2.05, 4.69) is 10.3 Å². The Morgan fingerprint density at radius 1 is 1.07 bits per heavy atom. The number of rotatable bonds is 4. The number of hydrogen-bond donors (Lipinski definition) is 1. The molecule has 3 aromatic rings. The number of ether oxygens (including phenoxy) is 2. The Labute approximate surface area is 173 Å². The van der Waals surface area contributed by atoms with E-state index in [0.29, 0.717) is 16.6 Å². The molecule has 1 aromatic heterocycles.